The molecule has 0 spiro atoms. The molecule has 4 nitrogen and oxygen atoms in total. The predicted molar refractivity (Wildman–Crippen MR) is 202 cm³/mol. The molecule has 0 saturated heterocycles. The van der Waals surface area contributed by atoms with Gasteiger partial charge in [0.15, 0.2) is 0 Å². The quantitative estimate of drug-likeness (QED) is 0.129. The highest BCUT2D eigenvalue weighted by Crippen LogP contribution is 2.34. The van der Waals surface area contributed by atoms with Crippen LogP contribution in [0, 0.1) is 0 Å². The van der Waals surface area contributed by atoms with Crippen molar-refractivity contribution in [3.63, 3.8) is 0 Å². The van der Waals surface area contributed by atoms with Crippen molar-refractivity contribution in [2.45, 2.75) is 144 Å². The molecular formula is C39H61BrN2O2S. The van der Waals surface area contributed by atoms with E-state index in [2.05, 4.69) is 88.2 Å². The van der Waals surface area contributed by atoms with Gasteiger partial charge in [-0.25, -0.2) is 0 Å². The van der Waals surface area contributed by atoms with Gasteiger partial charge >= 0.3 is 0 Å². The van der Waals surface area contributed by atoms with E-state index < -0.39 is 0 Å². The largest absolute Gasteiger partial charge is 0.493 e. The van der Waals surface area contributed by atoms with Crippen molar-refractivity contribution in [3.8, 4) is 5.75 Å². The minimum atomic E-state index is -0.0548. The molecule has 45 heavy (non-hydrogen) atoms. The smallest absolute Gasteiger partial charge is 0.227 e. The van der Waals surface area contributed by atoms with Crippen molar-refractivity contribution >= 4 is 40.3 Å². The third kappa shape index (κ3) is 14.2. The van der Waals surface area contributed by atoms with Gasteiger partial charge in [0.05, 0.1) is 19.0 Å². The lowest BCUT2D eigenvalue weighted by molar-refractivity contribution is -0.118. The third-order valence-electron chi connectivity index (χ3n) is 8.48. The number of hydrogen-bond acceptors (Lipinski definition) is 4. The van der Waals surface area contributed by atoms with Crippen molar-refractivity contribution in [1.29, 1.82) is 0 Å². The van der Waals surface area contributed by atoms with Gasteiger partial charge in [0, 0.05) is 24.9 Å². The van der Waals surface area contributed by atoms with Crippen LogP contribution in [0.5, 0.6) is 5.75 Å². The number of carbonyl (C=O) groups is 1. The average molecular weight is 702 g/mol. The van der Waals surface area contributed by atoms with E-state index in [1.807, 2.05) is 23.6 Å². The Hall–Kier alpha value is -1.92. The summed E-state index contributed by atoms with van der Waals surface area (Å²) in [6, 6.07) is 15.0. The molecule has 6 heteroatoms. The number of amides is 1. The number of hydrogen-bond donors (Lipinski definition) is 0. The Morgan fingerprint density at radius 1 is 0.867 bits per heavy atom. The van der Waals surface area contributed by atoms with Gasteiger partial charge in [-0.1, -0.05) is 123 Å². The van der Waals surface area contributed by atoms with Gasteiger partial charge in [0.25, 0.3) is 0 Å². The number of carbonyl (C=O) groups excluding carboxylic acids is 1. The van der Waals surface area contributed by atoms with Gasteiger partial charge in [-0.3, -0.25) is 4.79 Å². The summed E-state index contributed by atoms with van der Waals surface area (Å²) in [5.74, 6) is 2.10. The van der Waals surface area contributed by atoms with E-state index >= 15 is 0 Å². The number of allylic oxidation sites excluding steroid dienone is 1. The lowest BCUT2D eigenvalue weighted by Gasteiger charge is -2.27. The fraction of sp³-hybridized carbons (Fsp3) is 0.615. The third-order valence-corrected chi connectivity index (χ3v) is 9.50. The van der Waals surface area contributed by atoms with Gasteiger partial charge in [-0.2, -0.15) is 0 Å². The molecule has 2 aromatic carbocycles. The Bertz CT molecular complexity index is 1180. The standard InChI is InChI=1S/C39H60N2O2S.BrH/c1-7-9-10-11-12-13-14-15-16-17-18-19-25-43-37-24-23-34(27-36(37)39(4,5)6)30-41(38(42)8-2)35-22-20-21-33(26-35)29-40-28-32(3)44-31-40;/h20-24,26-28H,7-19,25,29-31H2,1-6H3;1H. The van der Waals surface area contributed by atoms with Crippen molar-refractivity contribution in [3.05, 3.63) is 70.3 Å². The molecule has 0 aromatic heterocycles. The number of benzene rings is 2. The Morgan fingerprint density at radius 2 is 1.51 bits per heavy atom. The maximum absolute atomic E-state index is 13.2. The second-order valence-electron chi connectivity index (χ2n) is 13.6. The first-order chi connectivity index (χ1) is 21.2. The molecule has 0 fully saturated rings. The summed E-state index contributed by atoms with van der Waals surface area (Å²) in [5, 5.41) is 0. The van der Waals surface area contributed by atoms with Crippen molar-refractivity contribution in [2.75, 3.05) is 17.4 Å². The Kier molecular flexibility index (Phi) is 18.4. The predicted octanol–water partition coefficient (Wildman–Crippen LogP) is 12.0. The number of anilines is 1. The fourth-order valence-corrected chi connectivity index (χ4v) is 6.63. The molecule has 1 aliphatic rings. The van der Waals surface area contributed by atoms with Crippen LogP contribution in [-0.2, 0) is 23.3 Å². The van der Waals surface area contributed by atoms with E-state index in [1.165, 1.54) is 86.7 Å². The van der Waals surface area contributed by atoms with Gasteiger partial charge in [-0.05, 0) is 64.6 Å². The molecule has 1 heterocycles. The number of thioether (sulfide) groups is 1. The summed E-state index contributed by atoms with van der Waals surface area (Å²) < 4.78 is 6.36. The SMILES string of the molecule is Br.CCCCCCCCCCCCCCOc1ccc(CN(C(=O)CC)c2cccc(CN3C=C(C)SC3)c2)cc1C(C)(C)C. The van der Waals surface area contributed by atoms with Gasteiger partial charge in [0.2, 0.25) is 5.91 Å². The van der Waals surface area contributed by atoms with Crippen LogP contribution in [-0.4, -0.2) is 23.3 Å². The van der Waals surface area contributed by atoms with Crippen LogP contribution < -0.4 is 9.64 Å². The summed E-state index contributed by atoms with van der Waals surface area (Å²) >= 11 is 1.88. The normalized spacial score (nSPS) is 13.0. The maximum Gasteiger partial charge on any atom is 0.227 e. The highest BCUT2D eigenvalue weighted by molar-refractivity contribution is 8.93. The molecule has 0 saturated carbocycles. The summed E-state index contributed by atoms with van der Waals surface area (Å²) in [4.78, 5) is 18.8. The number of unbranched alkanes of at least 4 members (excludes halogenated alkanes) is 11. The summed E-state index contributed by atoms with van der Waals surface area (Å²) in [5.41, 5.74) is 4.47. The van der Waals surface area contributed by atoms with Crippen LogP contribution in [0.25, 0.3) is 0 Å². The monoisotopic (exact) mass is 700 g/mol. The molecule has 2 aromatic rings. The van der Waals surface area contributed by atoms with Crippen molar-refractivity contribution < 1.29 is 9.53 Å². The summed E-state index contributed by atoms with van der Waals surface area (Å²) in [6.45, 7) is 15.3. The highest BCUT2D eigenvalue weighted by atomic mass is 79.9. The zero-order valence-corrected chi connectivity index (χ0v) is 31.7. The molecule has 0 atom stereocenters. The van der Waals surface area contributed by atoms with E-state index in [0.29, 0.717) is 13.0 Å². The van der Waals surface area contributed by atoms with E-state index in [4.69, 9.17) is 4.74 Å². The Balaban J connectivity index is 0.00000705. The zero-order valence-electron chi connectivity index (χ0n) is 29.2. The maximum atomic E-state index is 13.2. The van der Waals surface area contributed by atoms with Crippen LogP contribution in [0.4, 0.5) is 5.69 Å². The van der Waals surface area contributed by atoms with Crippen LogP contribution in [0.2, 0.25) is 0 Å². The molecule has 3 rings (SSSR count). The summed E-state index contributed by atoms with van der Waals surface area (Å²) in [7, 11) is 0. The Labute approximate surface area is 290 Å². The van der Waals surface area contributed by atoms with E-state index in [-0.39, 0.29) is 28.3 Å². The molecule has 252 valence electrons. The molecule has 0 aliphatic carbocycles. The average Bonchev–Trinajstić information content (AvgIpc) is 3.41. The molecule has 0 radical (unpaired) electrons. The van der Waals surface area contributed by atoms with Gasteiger partial charge in [-0.15, -0.1) is 28.7 Å². The Morgan fingerprint density at radius 3 is 2.09 bits per heavy atom. The van der Waals surface area contributed by atoms with Gasteiger partial charge < -0.3 is 14.5 Å². The number of halogens is 1. The molecule has 0 N–H and O–H groups in total. The fourth-order valence-electron chi connectivity index (χ4n) is 5.87. The van der Waals surface area contributed by atoms with Crippen LogP contribution >= 0.6 is 28.7 Å². The first-order valence-electron chi connectivity index (χ1n) is 17.4. The number of ether oxygens (including phenoxy) is 1. The first kappa shape index (κ1) is 39.3. The molecule has 1 aliphatic heterocycles. The number of rotatable bonds is 20. The lowest BCUT2D eigenvalue weighted by atomic mass is 9.85. The van der Waals surface area contributed by atoms with Crippen molar-refractivity contribution in [1.82, 2.24) is 4.90 Å². The summed E-state index contributed by atoms with van der Waals surface area (Å²) in [6.07, 6.45) is 18.8. The molecule has 0 bridgehead atoms. The second-order valence-corrected chi connectivity index (χ2v) is 14.8. The van der Waals surface area contributed by atoms with Crippen LogP contribution in [0.3, 0.4) is 0 Å². The van der Waals surface area contributed by atoms with E-state index in [0.717, 1.165) is 42.4 Å². The van der Waals surface area contributed by atoms with Crippen molar-refractivity contribution in [2.24, 2.45) is 0 Å². The minimum Gasteiger partial charge on any atom is -0.493 e. The van der Waals surface area contributed by atoms with E-state index in [9.17, 15) is 4.79 Å². The number of nitrogens with zero attached hydrogens (tertiary/aromatic N) is 2. The lowest BCUT2D eigenvalue weighted by Crippen LogP contribution is -2.30. The minimum absolute atomic E-state index is 0. The second kappa shape index (κ2) is 21.1. The van der Waals surface area contributed by atoms with Gasteiger partial charge in [0.1, 0.15) is 5.75 Å². The molecular weight excluding hydrogens is 640 g/mol. The molecule has 0 unspecified atom stereocenters. The van der Waals surface area contributed by atoms with Crippen LogP contribution in [0.15, 0.2) is 53.6 Å². The van der Waals surface area contributed by atoms with Crippen LogP contribution in [0.1, 0.15) is 142 Å². The first-order valence-corrected chi connectivity index (χ1v) is 18.4. The highest BCUT2D eigenvalue weighted by Gasteiger charge is 2.22. The molecule has 1 amide bonds. The zero-order chi connectivity index (χ0) is 31.8. The topological polar surface area (TPSA) is 32.8 Å². The van der Waals surface area contributed by atoms with E-state index in [1.54, 1.807) is 0 Å².